The molecule has 0 saturated carbocycles. The van der Waals surface area contributed by atoms with Crippen molar-refractivity contribution in [2.75, 3.05) is 13.4 Å². The van der Waals surface area contributed by atoms with Gasteiger partial charge in [0.05, 0.1) is 11.4 Å². The third kappa shape index (κ3) is 3.96. The largest absolute Gasteiger partial charge is 0.454 e. The fourth-order valence-corrected chi connectivity index (χ4v) is 3.21. The number of hydrogen-bond acceptors (Lipinski definition) is 6. The maximum atomic E-state index is 12.3. The lowest BCUT2D eigenvalue weighted by Gasteiger charge is -2.04. The monoisotopic (exact) mass is 404 g/mol. The van der Waals surface area contributed by atoms with E-state index in [-0.39, 0.29) is 19.2 Å². The molecular formula is C23H20N2O5. The fourth-order valence-electron chi connectivity index (χ4n) is 3.21. The minimum absolute atomic E-state index is 0.131. The van der Waals surface area contributed by atoms with Crippen LogP contribution < -0.4 is 9.47 Å². The van der Waals surface area contributed by atoms with Crippen molar-refractivity contribution in [1.82, 2.24) is 9.78 Å². The molecule has 0 amide bonds. The Kier molecular flexibility index (Phi) is 5.34. The van der Waals surface area contributed by atoms with Crippen molar-refractivity contribution in [2.45, 2.75) is 13.8 Å². The summed E-state index contributed by atoms with van der Waals surface area (Å²) in [6, 6.07) is 14.6. The second kappa shape index (κ2) is 8.24. The van der Waals surface area contributed by atoms with E-state index in [2.05, 4.69) is 5.10 Å². The summed E-state index contributed by atoms with van der Waals surface area (Å²) in [5.74, 6) is 0.177. The van der Waals surface area contributed by atoms with E-state index >= 15 is 0 Å². The van der Waals surface area contributed by atoms with E-state index < -0.39 is 5.97 Å². The van der Waals surface area contributed by atoms with Gasteiger partial charge in [-0.15, -0.1) is 0 Å². The molecule has 7 heteroatoms. The molecule has 0 radical (unpaired) electrons. The van der Waals surface area contributed by atoms with Gasteiger partial charge in [-0.05, 0) is 50.3 Å². The second-order valence-electron chi connectivity index (χ2n) is 6.76. The van der Waals surface area contributed by atoms with Gasteiger partial charge in [-0.2, -0.15) is 5.10 Å². The number of carbonyl (C=O) groups is 2. The number of aromatic nitrogens is 2. The summed E-state index contributed by atoms with van der Waals surface area (Å²) in [4.78, 5) is 24.4. The number of benzene rings is 2. The quantitative estimate of drug-likeness (QED) is 0.354. The van der Waals surface area contributed by atoms with Gasteiger partial charge in [0.15, 0.2) is 23.9 Å². The summed E-state index contributed by atoms with van der Waals surface area (Å²) >= 11 is 0. The van der Waals surface area contributed by atoms with E-state index in [4.69, 9.17) is 14.2 Å². The lowest BCUT2D eigenvalue weighted by atomic mass is 10.1. The summed E-state index contributed by atoms with van der Waals surface area (Å²) in [6.07, 6.45) is 2.96. The van der Waals surface area contributed by atoms with Crippen LogP contribution in [0.5, 0.6) is 11.5 Å². The number of nitrogens with zero attached hydrogens (tertiary/aromatic N) is 2. The molecule has 0 fully saturated rings. The van der Waals surface area contributed by atoms with Crippen LogP contribution in [0.15, 0.2) is 54.6 Å². The van der Waals surface area contributed by atoms with Crippen LogP contribution in [0.3, 0.4) is 0 Å². The Morgan fingerprint density at radius 3 is 2.67 bits per heavy atom. The minimum Gasteiger partial charge on any atom is -0.454 e. The Balaban J connectivity index is 1.40. The predicted octanol–water partition coefficient (Wildman–Crippen LogP) is 3.66. The average molecular weight is 404 g/mol. The number of esters is 1. The van der Waals surface area contributed by atoms with Gasteiger partial charge in [-0.1, -0.05) is 18.2 Å². The number of Topliss-reactive ketones (excluding diaryl/α,β-unsaturated/α-hetero) is 1. The minimum atomic E-state index is -0.602. The highest BCUT2D eigenvalue weighted by atomic mass is 16.7. The van der Waals surface area contributed by atoms with Crippen molar-refractivity contribution in [1.29, 1.82) is 0 Å². The number of fused-ring (bicyclic) bond motifs is 1. The van der Waals surface area contributed by atoms with Crippen molar-refractivity contribution < 1.29 is 23.8 Å². The first-order chi connectivity index (χ1) is 14.5. The fraction of sp³-hybridized carbons (Fsp3) is 0.174. The molecule has 1 aliphatic heterocycles. The molecule has 0 unspecified atom stereocenters. The summed E-state index contributed by atoms with van der Waals surface area (Å²) in [7, 11) is 0. The topological polar surface area (TPSA) is 79.7 Å². The maximum Gasteiger partial charge on any atom is 0.331 e. The van der Waals surface area contributed by atoms with Gasteiger partial charge in [-0.3, -0.25) is 4.79 Å². The number of carbonyl (C=O) groups excluding carboxylic acids is 2. The molecule has 1 aliphatic rings. The molecule has 4 rings (SSSR count). The standard InChI is InChI=1S/C23H20N2O5/c1-15-19(16(2)25(24-15)18-6-4-3-5-7-18)9-11-23(27)28-13-20(26)17-8-10-21-22(12-17)30-14-29-21/h3-12H,13-14H2,1-2H3/b11-9+. The average Bonchev–Trinajstić information content (AvgIpc) is 3.34. The number of ether oxygens (including phenoxy) is 3. The van der Waals surface area contributed by atoms with Crippen molar-refractivity contribution in [3.63, 3.8) is 0 Å². The predicted molar refractivity (Wildman–Crippen MR) is 110 cm³/mol. The van der Waals surface area contributed by atoms with Gasteiger partial charge in [0.25, 0.3) is 0 Å². The van der Waals surface area contributed by atoms with E-state index in [0.717, 1.165) is 22.6 Å². The van der Waals surface area contributed by atoms with E-state index in [1.807, 2.05) is 48.9 Å². The van der Waals surface area contributed by atoms with Gasteiger partial charge < -0.3 is 14.2 Å². The summed E-state index contributed by atoms with van der Waals surface area (Å²) in [5.41, 5.74) is 3.86. The summed E-state index contributed by atoms with van der Waals surface area (Å²) in [5, 5.41) is 4.54. The molecule has 0 bridgehead atoms. The lowest BCUT2D eigenvalue weighted by molar-refractivity contribution is -0.136. The first-order valence-corrected chi connectivity index (χ1v) is 9.42. The van der Waals surface area contributed by atoms with Crippen molar-refractivity contribution in [3.8, 4) is 17.2 Å². The van der Waals surface area contributed by atoms with Gasteiger partial charge >= 0.3 is 5.97 Å². The molecule has 3 aromatic rings. The van der Waals surface area contributed by atoms with Gasteiger partial charge in [0, 0.05) is 22.9 Å². The van der Waals surface area contributed by atoms with Gasteiger partial charge in [-0.25, -0.2) is 9.48 Å². The molecule has 0 N–H and O–H groups in total. The number of ketones is 1. The number of aryl methyl sites for hydroxylation is 1. The molecule has 2 heterocycles. The van der Waals surface area contributed by atoms with Crippen molar-refractivity contribution in [3.05, 3.63) is 77.1 Å². The second-order valence-corrected chi connectivity index (χ2v) is 6.76. The molecular weight excluding hydrogens is 384 g/mol. The summed E-state index contributed by atoms with van der Waals surface area (Å²) < 4.78 is 17.4. The van der Waals surface area contributed by atoms with E-state index in [9.17, 15) is 9.59 Å². The zero-order valence-corrected chi connectivity index (χ0v) is 16.6. The zero-order chi connectivity index (χ0) is 21.1. The number of para-hydroxylation sites is 1. The first kappa shape index (κ1) is 19.4. The van der Waals surface area contributed by atoms with Crippen LogP contribution in [0, 0.1) is 13.8 Å². The Bertz CT molecular complexity index is 1130. The van der Waals surface area contributed by atoms with Crippen LogP contribution in [0.2, 0.25) is 0 Å². The van der Waals surface area contributed by atoms with Crippen molar-refractivity contribution in [2.24, 2.45) is 0 Å². The zero-order valence-electron chi connectivity index (χ0n) is 16.6. The van der Waals surface area contributed by atoms with E-state index in [0.29, 0.717) is 17.1 Å². The molecule has 30 heavy (non-hydrogen) atoms. The third-order valence-corrected chi connectivity index (χ3v) is 4.77. The maximum absolute atomic E-state index is 12.3. The van der Waals surface area contributed by atoms with Crippen LogP contribution >= 0.6 is 0 Å². The van der Waals surface area contributed by atoms with Crippen LogP contribution in [0.4, 0.5) is 0 Å². The molecule has 0 spiro atoms. The van der Waals surface area contributed by atoms with Crippen LogP contribution in [0.25, 0.3) is 11.8 Å². The van der Waals surface area contributed by atoms with Gasteiger partial charge in [0.2, 0.25) is 6.79 Å². The molecule has 2 aromatic carbocycles. The SMILES string of the molecule is Cc1nn(-c2ccccc2)c(C)c1/C=C/C(=O)OCC(=O)c1ccc2c(c1)OCO2. The molecule has 1 aromatic heterocycles. The molecule has 152 valence electrons. The normalized spacial score (nSPS) is 12.3. The third-order valence-electron chi connectivity index (χ3n) is 4.77. The number of hydrogen-bond donors (Lipinski definition) is 0. The summed E-state index contributed by atoms with van der Waals surface area (Å²) in [6.45, 7) is 3.58. The van der Waals surface area contributed by atoms with Crippen LogP contribution in [0.1, 0.15) is 27.3 Å². The Hall–Kier alpha value is -3.87. The Morgan fingerprint density at radius 2 is 1.87 bits per heavy atom. The van der Waals surface area contributed by atoms with E-state index in [1.54, 1.807) is 24.3 Å². The smallest absolute Gasteiger partial charge is 0.331 e. The van der Waals surface area contributed by atoms with Crippen LogP contribution in [-0.4, -0.2) is 34.9 Å². The van der Waals surface area contributed by atoms with Crippen LogP contribution in [-0.2, 0) is 9.53 Å². The molecule has 0 aliphatic carbocycles. The molecule has 0 atom stereocenters. The van der Waals surface area contributed by atoms with Crippen molar-refractivity contribution >= 4 is 17.8 Å². The highest BCUT2D eigenvalue weighted by Crippen LogP contribution is 2.32. The van der Waals surface area contributed by atoms with Gasteiger partial charge in [0.1, 0.15) is 0 Å². The highest BCUT2D eigenvalue weighted by molar-refractivity contribution is 5.99. The highest BCUT2D eigenvalue weighted by Gasteiger charge is 2.17. The molecule has 0 saturated heterocycles. The molecule has 7 nitrogen and oxygen atoms in total. The van der Waals surface area contributed by atoms with E-state index in [1.165, 1.54) is 6.08 Å². The Morgan fingerprint density at radius 1 is 1.10 bits per heavy atom. The number of rotatable bonds is 6. The lowest BCUT2D eigenvalue weighted by Crippen LogP contribution is -2.12. The Labute approximate surface area is 173 Å². The first-order valence-electron chi connectivity index (χ1n) is 9.42.